The molecule has 2 aliphatic rings. The number of nitrogens with zero attached hydrogens (tertiary/aromatic N) is 2. The summed E-state index contributed by atoms with van der Waals surface area (Å²) in [4.78, 5) is 32.0. The van der Waals surface area contributed by atoms with Crippen LogP contribution < -0.4 is 16.0 Å². The number of thiazole rings is 1. The number of carbonyl (C=O) groups is 2. The van der Waals surface area contributed by atoms with E-state index >= 15 is 0 Å². The predicted octanol–water partition coefficient (Wildman–Crippen LogP) is 2.48. The molecule has 0 unspecified atom stereocenters. The van der Waals surface area contributed by atoms with Crippen LogP contribution in [-0.4, -0.2) is 47.0 Å². The fraction of sp³-hybridized carbons (Fsp3) is 0.722. The van der Waals surface area contributed by atoms with E-state index in [9.17, 15) is 9.59 Å². The lowest BCUT2D eigenvalue weighted by atomic mass is 9.95. The third kappa shape index (κ3) is 5.41. The zero-order chi connectivity index (χ0) is 18.5. The Morgan fingerprint density at radius 1 is 1.27 bits per heavy atom. The lowest BCUT2D eigenvalue weighted by molar-refractivity contribution is -0.123. The van der Waals surface area contributed by atoms with Gasteiger partial charge in [-0.15, -0.1) is 11.3 Å². The summed E-state index contributed by atoms with van der Waals surface area (Å²) in [6, 6.07) is 0.216. The molecular weight excluding hydrogens is 350 g/mol. The highest BCUT2D eigenvalue weighted by Gasteiger charge is 2.24. The fourth-order valence-electron chi connectivity index (χ4n) is 3.56. The number of fused-ring (bicyclic) bond motifs is 1. The molecule has 0 spiro atoms. The Morgan fingerprint density at radius 2 is 2.04 bits per heavy atom. The van der Waals surface area contributed by atoms with Gasteiger partial charge in [-0.25, -0.2) is 9.78 Å². The Morgan fingerprint density at radius 3 is 2.77 bits per heavy atom. The normalized spacial score (nSPS) is 18.4. The van der Waals surface area contributed by atoms with E-state index in [1.54, 1.807) is 0 Å². The largest absolute Gasteiger partial charge is 0.352 e. The molecule has 1 aromatic heterocycles. The first-order chi connectivity index (χ1) is 12.5. The Labute approximate surface area is 158 Å². The fourth-order valence-corrected chi connectivity index (χ4v) is 4.60. The van der Waals surface area contributed by atoms with Crippen LogP contribution in [0.2, 0.25) is 0 Å². The second-order valence-electron chi connectivity index (χ2n) is 7.51. The second-order valence-corrected chi connectivity index (χ2v) is 8.59. The molecule has 1 aromatic rings. The van der Waals surface area contributed by atoms with E-state index in [2.05, 4.69) is 25.8 Å². The van der Waals surface area contributed by atoms with E-state index in [1.165, 1.54) is 30.6 Å². The number of nitrogens with one attached hydrogen (secondary N) is 3. The molecule has 2 heterocycles. The molecule has 7 nitrogen and oxygen atoms in total. The maximum atomic E-state index is 12.3. The van der Waals surface area contributed by atoms with Gasteiger partial charge in [-0.05, 0) is 26.7 Å². The highest BCUT2D eigenvalue weighted by Crippen LogP contribution is 2.28. The van der Waals surface area contributed by atoms with Gasteiger partial charge in [-0.1, -0.05) is 19.3 Å². The molecule has 26 heavy (non-hydrogen) atoms. The first kappa shape index (κ1) is 19.1. The molecule has 0 aromatic carbocycles. The van der Waals surface area contributed by atoms with Gasteiger partial charge in [-0.2, -0.15) is 0 Å². The molecule has 3 amide bonds. The highest BCUT2D eigenvalue weighted by molar-refractivity contribution is 7.15. The molecule has 1 aliphatic heterocycles. The Bertz CT molecular complexity index is 640. The molecule has 1 aliphatic carbocycles. The van der Waals surface area contributed by atoms with Gasteiger partial charge in [0.1, 0.15) is 0 Å². The van der Waals surface area contributed by atoms with Crippen molar-refractivity contribution in [2.24, 2.45) is 0 Å². The third-order valence-electron chi connectivity index (χ3n) is 4.79. The van der Waals surface area contributed by atoms with E-state index in [0.717, 1.165) is 42.9 Å². The maximum absolute atomic E-state index is 12.3. The SMILES string of the molecule is CC(C)NC(=O)Nc1nc2c(s1)CN(CC(=O)NC1CCCCC1)CC2. The van der Waals surface area contributed by atoms with Crippen molar-refractivity contribution in [1.29, 1.82) is 0 Å². The smallest absolute Gasteiger partial charge is 0.321 e. The molecule has 0 atom stereocenters. The van der Waals surface area contributed by atoms with Crippen LogP contribution >= 0.6 is 11.3 Å². The van der Waals surface area contributed by atoms with Crippen molar-refractivity contribution in [2.75, 3.05) is 18.4 Å². The second kappa shape index (κ2) is 8.81. The number of hydrogen-bond donors (Lipinski definition) is 3. The molecule has 8 heteroatoms. The predicted molar refractivity (Wildman–Crippen MR) is 103 cm³/mol. The number of aromatic nitrogens is 1. The first-order valence-electron chi connectivity index (χ1n) is 9.57. The van der Waals surface area contributed by atoms with Crippen LogP contribution in [0.25, 0.3) is 0 Å². The summed E-state index contributed by atoms with van der Waals surface area (Å²) < 4.78 is 0. The summed E-state index contributed by atoms with van der Waals surface area (Å²) in [5.41, 5.74) is 1.04. The Kier molecular flexibility index (Phi) is 6.48. The number of anilines is 1. The van der Waals surface area contributed by atoms with Crippen molar-refractivity contribution < 1.29 is 9.59 Å². The van der Waals surface area contributed by atoms with Crippen LogP contribution in [0.15, 0.2) is 0 Å². The van der Waals surface area contributed by atoms with Crippen molar-refractivity contribution in [3.05, 3.63) is 10.6 Å². The zero-order valence-corrected chi connectivity index (χ0v) is 16.5. The van der Waals surface area contributed by atoms with E-state index in [4.69, 9.17) is 0 Å². The summed E-state index contributed by atoms with van der Waals surface area (Å²) >= 11 is 1.50. The monoisotopic (exact) mass is 379 g/mol. The molecule has 3 rings (SSSR count). The standard InChI is InChI=1S/C18H29N5O2S/c1-12(2)19-17(25)22-18-21-14-8-9-23(10-15(14)26-18)11-16(24)20-13-6-4-3-5-7-13/h12-13H,3-11H2,1-2H3,(H,20,24)(H2,19,21,22,25). The van der Waals surface area contributed by atoms with Gasteiger partial charge in [-0.3, -0.25) is 15.0 Å². The molecule has 0 radical (unpaired) electrons. The molecule has 1 fully saturated rings. The minimum absolute atomic E-state index is 0.0859. The number of rotatable bonds is 5. The molecule has 3 N–H and O–H groups in total. The summed E-state index contributed by atoms with van der Waals surface area (Å²) in [6.45, 7) is 5.82. The lowest BCUT2D eigenvalue weighted by Crippen LogP contribution is -2.44. The van der Waals surface area contributed by atoms with Gasteiger partial charge < -0.3 is 10.6 Å². The van der Waals surface area contributed by atoms with Gasteiger partial charge in [0.05, 0.1) is 12.2 Å². The number of carbonyl (C=O) groups excluding carboxylic acids is 2. The highest BCUT2D eigenvalue weighted by atomic mass is 32.1. The maximum Gasteiger partial charge on any atom is 0.321 e. The minimum Gasteiger partial charge on any atom is -0.352 e. The molecular formula is C18H29N5O2S. The van der Waals surface area contributed by atoms with Gasteiger partial charge in [0.2, 0.25) is 5.91 Å². The Hall–Kier alpha value is -1.67. The third-order valence-corrected chi connectivity index (χ3v) is 5.79. The van der Waals surface area contributed by atoms with Crippen LogP contribution in [0.4, 0.5) is 9.93 Å². The van der Waals surface area contributed by atoms with Crippen LogP contribution in [0.3, 0.4) is 0 Å². The first-order valence-corrected chi connectivity index (χ1v) is 10.4. The van der Waals surface area contributed by atoms with E-state index in [0.29, 0.717) is 17.7 Å². The summed E-state index contributed by atoms with van der Waals surface area (Å²) in [5.74, 6) is 0.125. The van der Waals surface area contributed by atoms with Gasteiger partial charge in [0.15, 0.2) is 5.13 Å². The Balaban J connectivity index is 1.49. The van der Waals surface area contributed by atoms with Crippen LogP contribution in [0, 0.1) is 0 Å². The minimum atomic E-state index is -0.227. The summed E-state index contributed by atoms with van der Waals surface area (Å²) in [6.07, 6.45) is 6.77. The molecule has 0 saturated heterocycles. The van der Waals surface area contributed by atoms with Crippen molar-refractivity contribution in [2.45, 2.75) is 71.0 Å². The average molecular weight is 380 g/mol. The van der Waals surface area contributed by atoms with E-state index < -0.39 is 0 Å². The average Bonchev–Trinajstić information content (AvgIpc) is 2.96. The number of urea groups is 1. The lowest BCUT2D eigenvalue weighted by Gasteiger charge is -2.27. The number of hydrogen-bond acceptors (Lipinski definition) is 5. The summed E-state index contributed by atoms with van der Waals surface area (Å²) in [7, 11) is 0. The van der Waals surface area contributed by atoms with Gasteiger partial charge in [0.25, 0.3) is 0 Å². The van der Waals surface area contributed by atoms with Crippen LogP contribution in [0.1, 0.15) is 56.5 Å². The summed E-state index contributed by atoms with van der Waals surface area (Å²) in [5, 5.41) is 9.41. The zero-order valence-electron chi connectivity index (χ0n) is 15.6. The quantitative estimate of drug-likeness (QED) is 0.734. The van der Waals surface area contributed by atoms with Crippen LogP contribution in [-0.2, 0) is 17.8 Å². The van der Waals surface area contributed by atoms with Gasteiger partial charge in [0, 0.05) is 36.5 Å². The van der Waals surface area contributed by atoms with Crippen molar-refractivity contribution in [3.8, 4) is 0 Å². The molecule has 144 valence electrons. The molecule has 1 saturated carbocycles. The van der Waals surface area contributed by atoms with E-state index in [1.807, 2.05) is 13.8 Å². The van der Waals surface area contributed by atoms with Gasteiger partial charge >= 0.3 is 6.03 Å². The van der Waals surface area contributed by atoms with Crippen molar-refractivity contribution in [1.82, 2.24) is 20.5 Å². The van der Waals surface area contributed by atoms with Crippen molar-refractivity contribution >= 4 is 28.4 Å². The molecule has 0 bridgehead atoms. The topological polar surface area (TPSA) is 86.4 Å². The number of amides is 3. The van der Waals surface area contributed by atoms with Crippen LogP contribution in [0.5, 0.6) is 0 Å². The van der Waals surface area contributed by atoms with E-state index in [-0.39, 0.29) is 18.0 Å². The van der Waals surface area contributed by atoms with Crippen molar-refractivity contribution in [3.63, 3.8) is 0 Å².